The van der Waals surface area contributed by atoms with Gasteiger partial charge in [0.2, 0.25) is 5.91 Å². The first-order valence-electron chi connectivity index (χ1n) is 6.55. The van der Waals surface area contributed by atoms with Crippen molar-refractivity contribution in [3.05, 3.63) is 12.2 Å². The number of thioether (sulfide) groups is 1. The predicted molar refractivity (Wildman–Crippen MR) is 76.2 cm³/mol. The molecular weight excluding hydrogens is 264 g/mol. The Bertz CT molecular complexity index is 384. The third-order valence-corrected chi connectivity index (χ3v) is 4.63. The van der Waals surface area contributed by atoms with Crippen molar-refractivity contribution in [2.45, 2.75) is 29.9 Å². The molecule has 0 spiro atoms. The molecule has 0 aliphatic carbocycles. The van der Waals surface area contributed by atoms with Crippen LogP contribution in [0.1, 0.15) is 19.3 Å². The third-order valence-electron chi connectivity index (χ3n) is 3.33. The average molecular weight is 284 g/mol. The summed E-state index contributed by atoms with van der Waals surface area (Å²) in [6, 6.07) is 0. The van der Waals surface area contributed by atoms with Crippen LogP contribution in [0.3, 0.4) is 0 Å². The Labute approximate surface area is 117 Å². The lowest BCUT2D eigenvalue weighted by Crippen LogP contribution is -2.37. The van der Waals surface area contributed by atoms with E-state index in [-0.39, 0.29) is 23.9 Å². The van der Waals surface area contributed by atoms with Gasteiger partial charge in [0, 0.05) is 18.2 Å². The number of amides is 1. The molecule has 0 radical (unpaired) electrons. The Balaban J connectivity index is 1.92. The number of nitrogens with zero attached hydrogens (tertiary/aromatic N) is 1. The number of carbonyl (C=O) groups is 1. The van der Waals surface area contributed by atoms with E-state index in [1.165, 1.54) is 0 Å². The van der Waals surface area contributed by atoms with E-state index in [1.54, 1.807) is 18.8 Å². The maximum absolute atomic E-state index is 12.1. The fraction of sp³-hybridized carbons (Fsp3) is 0.692. The third kappa shape index (κ3) is 4.06. The molecule has 106 valence electrons. The molecule has 2 heterocycles. The summed E-state index contributed by atoms with van der Waals surface area (Å²) in [6.45, 7) is 0.650. The highest BCUT2D eigenvalue weighted by Crippen LogP contribution is 2.32. The van der Waals surface area contributed by atoms with Gasteiger partial charge in [-0.3, -0.25) is 9.79 Å². The largest absolute Gasteiger partial charge is 0.393 e. The molecule has 0 saturated carbocycles. The van der Waals surface area contributed by atoms with E-state index in [4.69, 9.17) is 9.84 Å². The average Bonchev–Trinajstić information content (AvgIpc) is 2.86. The van der Waals surface area contributed by atoms with E-state index in [0.29, 0.717) is 17.7 Å². The molecule has 1 fully saturated rings. The molecule has 6 heteroatoms. The first kappa shape index (κ1) is 14.6. The van der Waals surface area contributed by atoms with Crippen LogP contribution in [0.5, 0.6) is 0 Å². The van der Waals surface area contributed by atoms with Crippen molar-refractivity contribution in [2.75, 3.05) is 20.3 Å². The zero-order chi connectivity index (χ0) is 13.7. The Morgan fingerprint density at radius 2 is 2.47 bits per heavy atom. The van der Waals surface area contributed by atoms with Gasteiger partial charge in [0.15, 0.2) is 0 Å². The number of rotatable bonds is 3. The standard InChI is InChI=1S/C13H20N2O3S/c1-14-11-5-3-2-4-9(13(17)15-11)6-10-8-18-12(7-16)19-10/h3,5,9-10,12,16H,2,4,6-8H2,1H3,(H,14,15,17). The van der Waals surface area contributed by atoms with Crippen LogP contribution in [0.25, 0.3) is 0 Å². The normalized spacial score (nSPS) is 34.1. The second kappa shape index (κ2) is 7.07. The molecule has 2 aliphatic rings. The number of amidine groups is 1. The minimum Gasteiger partial charge on any atom is -0.393 e. The van der Waals surface area contributed by atoms with Crippen molar-refractivity contribution in [3.63, 3.8) is 0 Å². The molecule has 2 aliphatic heterocycles. The molecule has 1 amide bonds. The lowest BCUT2D eigenvalue weighted by atomic mass is 9.95. The van der Waals surface area contributed by atoms with Crippen molar-refractivity contribution in [1.29, 1.82) is 0 Å². The molecule has 0 aromatic heterocycles. The van der Waals surface area contributed by atoms with E-state index >= 15 is 0 Å². The molecule has 1 saturated heterocycles. The quantitative estimate of drug-likeness (QED) is 0.809. The van der Waals surface area contributed by atoms with Crippen molar-refractivity contribution in [2.24, 2.45) is 10.9 Å². The molecule has 19 heavy (non-hydrogen) atoms. The van der Waals surface area contributed by atoms with Gasteiger partial charge >= 0.3 is 0 Å². The highest BCUT2D eigenvalue weighted by molar-refractivity contribution is 8.00. The number of aliphatic imine (C=N–C) groups is 1. The molecule has 0 bridgehead atoms. The van der Waals surface area contributed by atoms with Crippen LogP contribution >= 0.6 is 11.8 Å². The van der Waals surface area contributed by atoms with Gasteiger partial charge in [-0.1, -0.05) is 6.08 Å². The maximum Gasteiger partial charge on any atom is 0.228 e. The van der Waals surface area contributed by atoms with E-state index in [9.17, 15) is 4.79 Å². The second-order valence-electron chi connectivity index (χ2n) is 4.71. The molecular formula is C13H20N2O3S. The second-order valence-corrected chi connectivity index (χ2v) is 6.18. The highest BCUT2D eigenvalue weighted by Gasteiger charge is 2.30. The van der Waals surface area contributed by atoms with Gasteiger partial charge < -0.3 is 15.2 Å². The monoisotopic (exact) mass is 284 g/mol. The maximum atomic E-state index is 12.1. The Hall–Kier alpha value is -0.850. The van der Waals surface area contributed by atoms with Crippen LogP contribution in [0, 0.1) is 5.92 Å². The van der Waals surface area contributed by atoms with E-state index < -0.39 is 0 Å². The first-order chi connectivity index (χ1) is 9.22. The zero-order valence-electron chi connectivity index (χ0n) is 11.0. The lowest BCUT2D eigenvalue weighted by molar-refractivity contribution is -0.124. The van der Waals surface area contributed by atoms with Crippen molar-refractivity contribution in [1.82, 2.24) is 5.32 Å². The smallest absolute Gasteiger partial charge is 0.228 e. The van der Waals surface area contributed by atoms with Gasteiger partial charge in [0.1, 0.15) is 11.3 Å². The van der Waals surface area contributed by atoms with E-state index in [2.05, 4.69) is 10.3 Å². The summed E-state index contributed by atoms with van der Waals surface area (Å²) in [5, 5.41) is 12.2. The summed E-state index contributed by atoms with van der Waals surface area (Å²) < 4.78 is 5.43. The topological polar surface area (TPSA) is 70.9 Å². The zero-order valence-corrected chi connectivity index (χ0v) is 11.9. The number of hydrogen-bond donors (Lipinski definition) is 2. The fourth-order valence-electron chi connectivity index (χ4n) is 2.29. The molecule has 5 nitrogen and oxygen atoms in total. The number of allylic oxidation sites excluding steroid dienone is 1. The SMILES string of the molecule is CN=C1C=CCCC(CC2COC(CO)S2)C(=O)N1. The molecule has 3 atom stereocenters. The number of ether oxygens (including phenoxy) is 1. The number of carbonyl (C=O) groups excluding carboxylic acids is 1. The summed E-state index contributed by atoms with van der Waals surface area (Å²) in [5.41, 5.74) is -0.130. The lowest BCUT2D eigenvalue weighted by Gasteiger charge is -2.20. The highest BCUT2D eigenvalue weighted by atomic mass is 32.2. The predicted octanol–water partition coefficient (Wildman–Crippen LogP) is 0.938. The molecule has 0 aromatic rings. The summed E-state index contributed by atoms with van der Waals surface area (Å²) in [4.78, 5) is 16.2. The number of nitrogens with one attached hydrogen (secondary N) is 1. The van der Waals surface area contributed by atoms with Crippen molar-refractivity contribution >= 4 is 23.5 Å². The number of aliphatic hydroxyl groups is 1. The first-order valence-corrected chi connectivity index (χ1v) is 7.49. The molecule has 3 unspecified atom stereocenters. The van der Waals surface area contributed by atoms with Crippen LogP contribution in [-0.4, -0.2) is 47.8 Å². The van der Waals surface area contributed by atoms with E-state index in [1.807, 2.05) is 12.2 Å². The van der Waals surface area contributed by atoms with Crippen LogP contribution in [0.4, 0.5) is 0 Å². The van der Waals surface area contributed by atoms with Crippen LogP contribution < -0.4 is 5.32 Å². The van der Waals surface area contributed by atoms with Crippen LogP contribution in [0.15, 0.2) is 17.1 Å². The minimum absolute atomic E-state index is 0.0137. The summed E-state index contributed by atoms with van der Waals surface area (Å²) in [7, 11) is 1.67. The Kier molecular flexibility index (Phi) is 5.42. The van der Waals surface area contributed by atoms with Gasteiger partial charge in [0.25, 0.3) is 0 Å². The van der Waals surface area contributed by atoms with Crippen molar-refractivity contribution < 1.29 is 14.6 Å². The Morgan fingerprint density at radius 3 is 3.16 bits per heavy atom. The van der Waals surface area contributed by atoms with Crippen LogP contribution in [0.2, 0.25) is 0 Å². The molecule has 0 aromatic carbocycles. The molecule has 2 rings (SSSR count). The molecule has 2 N–H and O–H groups in total. The van der Waals surface area contributed by atoms with Gasteiger partial charge in [-0.25, -0.2) is 0 Å². The summed E-state index contributed by atoms with van der Waals surface area (Å²) in [6.07, 6.45) is 6.42. The van der Waals surface area contributed by atoms with Gasteiger partial charge in [-0.05, 0) is 25.3 Å². The summed E-state index contributed by atoms with van der Waals surface area (Å²) in [5.74, 6) is 0.650. The Morgan fingerprint density at radius 1 is 1.63 bits per heavy atom. The minimum atomic E-state index is -0.130. The van der Waals surface area contributed by atoms with Gasteiger partial charge in [0.05, 0.1) is 13.2 Å². The number of aliphatic hydroxyl groups excluding tert-OH is 1. The summed E-state index contributed by atoms with van der Waals surface area (Å²) >= 11 is 1.62. The number of hydrogen-bond acceptors (Lipinski definition) is 5. The van der Waals surface area contributed by atoms with Gasteiger partial charge in [-0.15, -0.1) is 11.8 Å². The van der Waals surface area contributed by atoms with Crippen LogP contribution in [-0.2, 0) is 9.53 Å². The van der Waals surface area contributed by atoms with Gasteiger partial charge in [-0.2, -0.15) is 0 Å². The fourth-order valence-corrected chi connectivity index (χ4v) is 3.47. The van der Waals surface area contributed by atoms with E-state index in [0.717, 1.165) is 19.3 Å². The van der Waals surface area contributed by atoms with Crippen molar-refractivity contribution in [3.8, 4) is 0 Å².